The molecular weight excluding hydrogens is 272 g/mol. The van der Waals surface area contributed by atoms with E-state index in [0.29, 0.717) is 10.7 Å². The summed E-state index contributed by atoms with van der Waals surface area (Å²) < 4.78 is 0. The predicted octanol–water partition coefficient (Wildman–Crippen LogP) is 3.72. The Labute approximate surface area is 123 Å². The molecule has 0 unspecified atom stereocenters. The third kappa shape index (κ3) is 2.54. The first-order valence-electron chi connectivity index (χ1n) is 6.77. The number of carbonyl (C=O) groups is 1. The summed E-state index contributed by atoms with van der Waals surface area (Å²) in [6, 6.07) is 11.4. The van der Waals surface area contributed by atoms with Crippen molar-refractivity contribution >= 4 is 23.2 Å². The first-order valence-corrected chi connectivity index (χ1v) is 7.15. The van der Waals surface area contributed by atoms with Crippen LogP contribution in [0.1, 0.15) is 28.8 Å². The third-order valence-corrected chi connectivity index (χ3v) is 3.79. The van der Waals surface area contributed by atoms with Gasteiger partial charge in [-0.1, -0.05) is 29.8 Å². The van der Waals surface area contributed by atoms with Gasteiger partial charge in [0, 0.05) is 24.0 Å². The molecule has 0 fully saturated rings. The van der Waals surface area contributed by atoms with Crippen LogP contribution < -0.4 is 4.90 Å². The lowest BCUT2D eigenvalue weighted by molar-refractivity contribution is 0.0987. The van der Waals surface area contributed by atoms with Gasteiger partial charge in [0.25, 0.3) is 5.91 Å². The molecule has 0 bridgehead atoms. The van der Waals surface area contributed by atoms with E-state index in [1.165, 1.54) is 5.56 Å². The van der Waals surface area contributed by atoms with Crippen LogP contribution in [-0.4, -0.2) is 17.4 Å². The molecule has 0 radical (unpaired) electrons. The molecule has 20 heavy (non-hydrogen) atoms. The van der Waals surface area contributed by atoms with E-state index >= 15 is 0 Å². The summed E-state index contributed by atoms with van der Waals surface area (Å²) in [5, 5.41) is 0.346. The van der Waals surface area contributed by atoms with Gasteiger partial charge in [-0.15, -0.1) is 0 Å². The van der Waals surface area contributed by atoms with Crippen molar-refractivity contribution in [2.75, 3.05) is 11.4 Å². The average molecular weight is 287 g/mol. The fourth-order valence-corrected chi connectivity index (χ4v) is 2.77. The van der Waals surface area contributed by atoms with Gasteiger partial charge in [-0.3, -0.25) is 4.79 Å². The second kappa shape index (κ2) is 5.63. The Kier molecular flexibility index (Phi) is 3.70. The summed E-state index contributed by atoms with van der Waals surface area (Å²) in [6.07, 6.45) is 4.72. The Morgan fingerprint density at radius 3 is 2.90 bits per heavy atom. The highest BCUT2D eigenvalue weighted by Crippen LogP contribution is 2.27. The van der Waals surface area contributed by atoms with Crippen LogP contribution in [0, 0.1) is 0 Å². The van der Waals surface area contributed by atoms with Gasteiger partial charge in [0.1, 0.15) is 5.15 Å². The quantitative estimate of drug-likeness (QED) is 0.749. The van der Waals surface area contributed by atoms with E-state index in [2.05, 4.69) is 11.1 Å². The molecule has 1 aliphatic heterocycles. The summed E-state index contributed by atoms with van der Waals surface area (Å²) in [5.41, 5.74) is 2.84. The molecule has 1 aromatic heterocycles. The number of aromatic nitrogens is 1. The maximum atomic E-state index is 12.7. The number of hydrogen-bond acceptors (Lipinski definition) is 2. The summed E-state index contributed by atoms with van der Waals surface area (Å²) in [4.78, 5) is 18.5. The Bertz CT molecular complexity index is 642. The number of fused-ring (bicyclic) bond motifs is 1. The first kappa shape index (κ1) is 13.1. The zero-order chi connectivity index (χ0) is 13.9. The maximum Gasteiger partial charge on any atom is 0.258 e. The lowest BCUT2D eigenvalue weighted by atomic mass is 10.1. The van der Waals surface area contributed by atoms with Gasteiger partial charge in [0.2, 0.25) is 0 Å². The highest BCUT2D eigenvalue weighted by molar-refractivity contribution is 6.29. The zero-order valence-corrected chi connectivity index (χ0v) is 11.8. The summed E-state index contributed by atoms with van der Waals surface area (Å²) in [5.74, 6) is -0.0105. The average Bonchev–Trinajstić information content (AvgIpc) is 2.69. The van der Waals surface area contributed by atoms with Gasteiger partial charge >= 0.3 is 0 Å². The number of amides is 1. The monoisotopic (exact) mass is 286 g/mol. The SMILES string of the molecule is O=C(c1ccnc(Cl)c1)N1CCCCc2ccccc21. The number of anilines is 1. The van der Waals surface area contributed by atoms with Gasteiger partial charge in [0.05, 0.1) is 0 Å². The minimum absolute atomic E-state index is 0.0105. The van der Waals surface area contributed by atoms with E-state index in [4.69, 9.17) is 11.6 Å². The van der Waals surface area contributed by atoms with Crippen molar-refractivity contribution in [2.24, 2.45) is 0 Å². The number of nitrogens with zero attached hydrogens (tertiary/aromatic N) is 2. The van der Waals surface area contributed by atoms with Crippen molar-refractivity contribution in [2.45, 2.75) is 19.3 Å². The minimum atomic E-state index is -0.0105. The molecule has 2 heterocycles. The van der Waals surface area contributed by atoms with E-state index in [1.807, 2.05) is 23.1 Å². The fraction of sp³-hybridized carbons (Fsp3) is 0.250. The van der Waals surface area contributed by atoms with Crippen molar-refractivity contribution in [1.29, 1.82) is 0 Å². The van der Waals surface area contributed by atoms with Crippen LogP contribution in [0.2, 0.25) is 5.15 Å². The van der Waals surface area contributed by atoms with Gasteiger partial charge in [-0.2, -0.15) is 0 Å². The zero-order valence-electron chi connectivity index (χ0n) is 11.1. The molecule has 1 aromatic carbocycles. The topological polar surface area (TPSA) is 33.2 Å². The number of para-hydroxylation sites is 1. The molecule has 0 saturated carbocycles. The molecule has 0 saturated heterocycles. The van der Waals surface area contributed by atoms with Crippen LogP contribution in [0.5, 0.6) is 0 Å². The van der Waals surface area contributed by atoms with Crippen LogP contribution in [0.3, 0.4) is 0 Å². The smallest absolute Gasteiger partial charge is 0.258 e. The lowest BCUT2D eigenvalue weighted by Crippen LogP contribution is -2.31. The van der Waals surface area contributed by atoms with Gasteiger partial charge < -0.3 is 4.90 Å². The maximum absolute atomic E-state index is 12.7. The van der Waals surface area contributed by atoms with Crippen LogP contribution in [0.15, 0.2) is 42.6 Å². The summed E-state index contributed by atoms with van der Waals surface area (Å²) >= 11 is 5.88. The van der Waals surface area contributed by atoms with Gasteiger partial charge in [-0.25, -0.2) is 4.98 Å². The fourth-order valence-electron chi connectivity index (χ4n) is 2.59. The summed E-state index contributed by atoms with van der Waals surface area (Å²) in [6.45, 7) is 0.746. The second-order valence-electron chi connectivity index (χ2n) is 4.91. The largest absolute Gasteiger partial charge is 0.308 e. The van der Waals surface area contributed by atoms with E-state index in [0.717, 1.165) is 31.5 Å². The molecule has 2 aromatic rings. The molecule has 0 atom stereocenters. The second-order valence-corrected chi connectivity index (χ2v) is 5.30. The lowest BCUT2D eigenvalue weighted by Gasteiger charge is -2.23. The Balaban J connectivity index is 1.99. The number of pyridine rings is 1. The van der Waals surface area contributed by atoms with Crippen molar-refractivity contribution in [1.82, 2.24) is 4.98 Å². The highest BCUT2D eigenvalue weighted by Gasteiger charge is 2.22. The molecule has 0 spiro atoms. The van der Waals surface area contributed by atoms with E-state index in [9.17, 15) is 4.79 Å². The number of rotatable bonds is 1. The molecule has 1 aliphatic rings. The molecule has 102 valence electrons. The molecule has 3 nitrogen and oxygen atoms in total. The van der Waals surface area contributed by atoms with E-state index in [-0.39, 0.29) is 5.91 Å². The minimum Gasteiger partial charge on any atom is -0.308 e. The number of benzene rings is 1. The van der Waals surface area contributed by atoms with Crippen LogP contribution >= 0.6 is 11.6 Å². The van der Waals surface area contributed by atoms with E-state index in [1.54, 1.807) is 18.3 Å². The van der Waals surface area contributed by atoms with Gasteiger partial charge in [-0.05, 0) is 43.0 Å². The number of carbonyl (C=O) groups excluding carboxylic acids is 1. The first-order chi connectivity index (χ1) is 9.75. The molecule has 4 heteroatoms. The number of aryl methyl sites for hydroxylation is 1. The van der Waals surface area contributed by atoms with Crippen molar-refractivity contribution in [3.05, 3.63) is 58.9 Å². The normalized spacial score (nSPS) is 14.6. The number of halogens is 1. The Morgan fingerprint density at radius 2 is 2.05 bits per heavy atom. The number of hydrogen-bond donors (Lipinski definition) is 0. The molecule has 3 rings (SSSR count). The van der Waals surface area contributed by atoms with Gasteiger partial charge in [0.15, 0.2) is 0 Å². The predicted molar refractivity (Wildman–Crippen MR) is 80.3 cm³/mol. The van der Waals surface area contributed by atoms with Crippen molar-refractivity contribution in [3.8, 4) is 0 Å². The highest BCUT2D eigenvalue weighted by atomic mass is 35.5. The summed E-state index contributed by atoms with van der Waals surface area (Å²) in [7, 11) is 0. The van der Waals surface area contributed by atoms with Crippen molar-refractivity contribution in [3.63, 3.8) is 0 Å². The third-order valence-electron chi connectivity index (χ3n) is 3.58. The van der Waals surface area contributed by atoms with E-state index < -0.39 is 0 Å². The molecular formula is C16H15ClN2O. The van der Waals surface area contributed by atoms with Crippen molar-refractivity contribution < 1.29 is 4.79 Å². The van der Waals surface area contributed by atoms with Crippen LogP contribution in [0.4, 0.5) is 5.69 Å². The molecule has 0 aliphatic carbocycles. The standard InChI is InChI=1S/C16H15ClN2O/c17-15-11-13(8-9-18-15)16(20)19-10-4-3-6-12-5-1-2-7-14(12)19/h1-2,5,7-9,11H,3-4,6,10H2. The van der Waals surface area contributed by atoms with Crippen LogP contribution in [0.25, 0.3) is 0 Å². The molecule has 0 N–H and O–H groups in total. The molecule has 1 amide bonds. The Hall–Kier alpha value is -1.87. The Morgan fingerprint density at radius 1 is 1.20 bits per heavy atom. The van der Waals surface area contributed by atoms with Crippen LogP contribution in [-0.2, 0) is 6.42 Å².